The average Bonchev–Trinajstić information content (AvgIpc) is 3.33. The number of likely N-dealkylation sites (tertiary alicyclic amines) is 1. The monoisotopic (exact) mass is 340 g/mol. The minimum absolute atomic E-state index is 0.202. The lowest BCUT2D eigenvalue weighted by molar-refractivity contribution is 0.153. The second-order valence-corrected chi connectivity index (χ2v) is 6.43. The van der Waals surface area contributed by atoms with Gasteiger partial charge in [-0.1, -0.05) is 6.42 Å². The van der Waals surface area contributed by atoms with E-state index >= 15 is 0 Å². The summed E-state index contributed by atoms with van der Waals surface area (Å²) in [5.74, 6) is 1.78. The summed E-state index contributed by atoms with van der Waals surface area (Å²) in [7, 11) is 0. The fraction of sp³-hybridized carbons (Fsp3) is 0.500. The SMILES string of the molecule is CCn1cnc2c(NCC(c3ccco3)N3CCCCC3)ncnc21. The average molecular weight is 340 g/mol. The molecule has 1 saturated heterocycles. The summed E-state index contributed by atoms with van der Waals surface area (Å²) < 4.78 is 7.74. The van der Waals surface area contributed by atoms with E-state index in [0.29, 0.717) is 0 Å². The van der Waals surface area contributed by atoms with Crippen molar-refractivity contribution in [1.82, 2.24) is 24.4 Å². The Bertz CT molecular complexity index is 806. The molecule has 3 aromatic rings. The van der Waals surface area contributed by atoms with Crippen LogP contribution in [0.15, 0.2) is 35.5 Å². The number of furan rings is 1. The van der Waals surface area contributed by atoms with Crippen molar-refractivity contribution in [2.45, 2.75) is 38.8 Å². The van der Waals surface area contributed by atoms with E-state index in [1.165, 1.54) is 19.3 Å². The minimum atomic E-state index is 0.202. The van der Waals surface area contributed by atoms with Crippen LogP contribution in [0.1, 0.15) is 38.0 Å². The van der Waals surface area contributed by atoms with Crippen LogP contribution in [-0.4, -0.2) is 44.1 Å². The van der Waals surface area contributed by atoms with Crippen molar-refractivity contribution in [1.29, 1.82) is 0 Å². The van der Waals surface area contributed by atoms with Crippen molar-refractivity contribution in [3.05, 3.63) is 36.8 Å². The molecular weight excluding hydrogens is 316 g/mol. The number of anilines is 1. The fourth-order valence-electron chi connectivity index (χ4n) is 3.56. The van der Waals surface area contributed by atoms with Crippen molar-refractivity contribution >= 4 is 17.0 Å². The van der Waals surface area contributed by atoms with Crippen LogP contribution < -0.4 is 5.32 Å². The number of piperidine rings is 1. The quantitative estimate of drug-likeness (QED) is 0.743. The van der Waals surface area contributed by atoms with Gasteiger partial charge in [0, 0.05) is 13.1 Å². The molecule has 4 rings (SSSR count). The van der Waals surface area contributed by atoms with Crippen LogP contribution in [0, 0.1) is 0 Å². The minimum Gasteiger partial charge on any atom is -0.468 e. The van der Waals surface area contributed by atoms with E-state index in [0.717, 1.165) is 48.9 Å². The van der Waals surface area contributed by atoms with E-state index < -0.39 is 0 Å². The number of rotatable bonds is 6. The summed E-state index contributed by atoms with van der Waals surface area (Å²) in [6, 6.07) is 4.22. The maximum absolute atomic E-state index is 5.71. The van der Waals surface area contributed by atoms with Crippen LogP contribution >= 0.6 is 0 Å². The Hall–Kier alpha value is -2.41. The third-order valence-corrected chi connectivity index (χ3v) is 4.91. The Morgan fingerprint density at radius 3 is 2.84 bits per heavy atom. The smallest absolute Gasteiger partial charge is 0.165 e. The summed E-state index contributed by atoms with van der Waals surface area (Å²) in [5, 5.41) is 3.48. The van der Waals surface area contributed by atoms with Gasteiger partial charge in [0.1, 0.15) is 17.6 Å². The van der Waals surface area contributed by atoms with Gasteiger partial charge in [-0.05, 0) is 45.0 Å². The molecule has 25 heavy (non-hydrogen) atoms. The number of fused-ring (bicyclic) bond motifs is 1. The maximum Gasteiger partial charge on any atom is 0.165 e. The predicted octanol–water partition coefficient (Wildman–Crippen LogP) is 3.08. The van der Waals surface area contributed by atoms with E-state index in [1.54, 1.807) is 12.6 Å². The van der Waals surface area contributed by atoms with Gasteiger partial charge >= 0.3 is 0 Å². The van der Waals surface area contributed by atoms with E-state index in [1.807, 2.05) is 17.0 Å². The number of imidazole rings is 1. The first-order chi connectivity index (χ1) is 12.4. The van der Waals surface area contributed by atoms with E-state index in [2.05, 4.69) is 38.2 Å². The number of hydrogen-bond acceptors (Lipinski definition) is 6. The van der Waals surface area contributed by atoms with Crippen LogP contribution in [0.4, 0.5) is 5.82 Å². The predicted molar refractivity (Wildman–Crippen MR) is 96.4 cm³/mol. The van der Waals surface area contributed by atoms with Gasteiger partial charge < -0.3 is 14.3 Å². The molecule has 1 unspecified atom stereocenters. The van der Waals surface area contributed by atoms with Crippen molar-refractivity contribution in [2.24, 2.45) is 0 Å². The lowest BCUT2D eigenvalue weighted by atomic mass is 10.1. The lowest BCUT2D eigenvalue weighted by Crippen LogP contribution is -2.37. The number of nitrogens with one attached hydrogen (secondary N) is 1. The lowest BCUT2D eigenvalue weighted by Gasteiger charge is -2.33. The number of hydrogen-bond donors (Lipinski definition) is 1. The third-order valence-electron chi connectivity index (χ3n) is 4.91. The second-order valence-electron chi connectivity index (χ2n) is 6.43. The highest BCUT2D eigenvalue weighted by molar-refractivity contribution is 5.82. The van der Waals surface area contributed by atoms with E-state index in [9.17, 15) is 0 Å². The third kappa shape index (κ3) is 3.24. The zero-order valence-corrected chi connectivity index (χ0v) is 14.6. The molecule has 1 N–H and O–H groups in total. The highest BCUT2D eigenvalue weighted by Gasteiger charge is 2.24. The molecule has 0 radical (unpaired) electrons. The molecule has 7 heteroatoms. The van der Waals surface area contributed by atoms with E-state index in [-0.39, 0.29) is 6.04 Å². The first-order valence-electron chi connectivity index (χ1n) is 9.04. The molecule has 0 spiro atoms. The Kier molecular flexibility index (Phi) is 4.65. The first-order valence-corrected chi connectivity index (χ1v) is 9.04. The molecule has 4 heterocycles. The maximum atomic E-state index is 5.71. The van der Waals surface area contributed by atoms with Crippen molar-refractivity contribution < 1.29 is 4.42 Å². The Labute approximate surface area is 147 Å². The molecule has 1 aliphatic rings. The van der Waals surface area contributed by atoms with Gasteiger partial charge in [0.05, 0.1) is 18.6 Å². The van der Waals surface area contributed by atoms with Crippen molar-refractivity contribution in [3.8, 4) is 0 Å². The molecular formula is C18H24N6O. The van der Waals surface area contributed by atoms with Gasteiger partial charge in [0.25, 0.3) is 0 Å². The van der Waals surface area contributed by atoms with Crippen LogP contribution in [0.2, 0.25) is 0 Å². The molecule has 0 aromatic carbocycles. The molecule has 0 amide bonds. The molecule has 1 fully saturated rings. The molecule has 132 valence electrons. The number of nitrogens with zero attached hydrogens (tertiary/aromatic N) is 5. The van der Waals surface area contributed by atoms with Gasteiger partial charge in [-0.25, -0.2) is 15.0 Å². The molecule has 0 aliphatic carbocycles. The Balaban J connectivity index is 1.56. The summed E-state index contributed by atoms with van der Waals surface area (Å²) in [6.45, 7) is 5.88. The Morgan fingerprint density at radius 1 is 1.20 bits per heavy atom. The molecule has 1 aliphatic heterocycles. The highest BCUT2D eigenvalue weighted by Crippen LogP contribution is 2.26. The molecule has 3 aromatic heterocycles. The van der Waals surface area contributed by atoms with Crippen LogP contribution in [0.3, 0.4) is 0 Å². The van der Waals surface area contributed by atoms with Crippen LogP contribution in [-0.2, 0) is 6.54 Å². The van der Waals surface area contributed by atoms with Crippen molar-refractivity contribution in [3.63, 3.8) is 0 Å². The van der Waals surface area contributed by atoms with Gasteiger partial charge in [-0.15, -0.1) is 0 Å². The Morgan fingerprint density at radius 2 is 2.08 bits per heavy atom. The summed E-state index contributed by atoms with van der Waals surface area (Å²) in [5.41, 5.74) is 1.69. The molecule has 1 atom stereocenters. The van der Waals surface area contributed by atoms with Crippen LogP contribution in [0.25, 0.3) is 11.2 Å². The largest absolute Gasteiger partial charge is 0.468 e. The topological polar surface area (TPSA) is 72.0 Å². The molecule has 0 bridgehead atoms. The fourth-order valence-corrected chi connectivity index (χ4v) is 3.56. The summed E-state index contributed by atoms with van der Waals surface area (Å²) in [4.78, 5) is 15.7. The van der Waals surface area contributed by atoms with Gasteiger partial charge in [0.15, 0.2) is 11.5 Å². The van der Waals surface area contributed by atoms with Crippen molar-refractivity contribution in [2.75, 3.05) is 25.0 Å². The standard InChI is InChI=1S/C18H24N6O/c1-2-23-13-22-16-17(20-12-21-18(16)23)19-11-14(15-7-6-10-25-15)24-8-4-3-5-9-24/h6-7,10,12-14H,2-5,8-9,11H2,1H3,(H,19,20,21). The van der Waals surface area contributed by atoms with Crippen LogP contribution in [0.5, 0.6) is 0 Å². The zero-order valence-electron chi connectivity index (χ0n) is 14.6. The number of aromatic nitrogens is 4. The molecule has 7 nitrogen and oxygen atoms in total. The van der Waals surface area contributed by atoms with E-state index in [4.69, 9.17) is 4.42 Å². The van der Waals surface area contributed by atoms with Gasteiger partial charge in [-0.2, -0.15) is 0 Å². The highest BCUT2D eigenvalue weighted by atomic mass is 16.3. The molecule has 0 saturated carbocycles. The van der Waals surface area contributed by atoms with Gasteiger partial charge in [0.2, 0.25) is 0 Å². The zero-order chi connectivity index (χ0) is 17.1. The summed E-state index contributed by atoms with van der Waals surface area (Å²) >= 11 is 0. The normalized spacial score (nSPS) is 17.0. The summed E-state index contributed by atoms with van der Waals surface area (Å²) in [6.07, 6.45) is 8.97. The second kappa shape index (κ2) is 7.23. The first kappa shape index (κ1) is 16.1. The van der Waals surface area contributed by atoms with Gasteiger partial charge in [-0.3, -0.25) is 4.90 Å². The number of aryl methyl sites for hydroxylation is 1.